The van der Waals surface area contributed by atoms with Crippen molar-refractivity contribution in [1.82, 2.24) is 10.2 Å². The van der Waals surface area contributed by atoms with Gasteiger partial charge in [-0.05, 0) is 45.0 Å². The van der Waals surface area contributed by atoms with E-state index in [9.17, 15) is 9.90 Å². The van der Waals surface area contributed by atoms with Crippen molar-refractivity contribution in [2.75, 3.05) is 31.1 Å². The molecule has 0 aromatic heterocycles. The Balaban J connectivity index is 1.76. The SMILES string of the molecule is CC(CN1CCCCC1)NC(=O)C1(O)CCSC1. The molecule has 104 valence electrons. The molecule has 0 aromatic carbocycles. The van der Waals surface area contributed by atoms with Crippen LogP contribution in [0.4, 0.5) is 0 Å². The number of carbonyl (C=O) groups excluding carboxylic acids is 1. The summed E-state index contributed by atoms with van der Waals surface area (Å²) in [4.78, 5) is 14.4. The fourth-order valence-electron chi connectivity index (χ4n) is 2.67. The minimum absolute atomic E-state index is 0.116. The van der Waals surface area contributed by atoms with Crippen LogP contribution >= 0.6 is 11.8 Å². The van der Waals surface area contributed by atoms with Crippen molar-refractivity contribution in [3.8, 4) is 0 Å². The maximum atomic E-state index is 12.0. The summed E-state index contributed by atoms with van der Waals surface area (Å²) in [5.74, 6) is 1.23. The number of piperidine rings is 1. The number of hydrogen-bond acceptors (Lipinski definition) is 4. The van der Waals surface area contributed by atoms with Crippen molar-refractivity contribution in [1.29, 1.82) is 0 Å². The van der Waals surface area contributed by atoms with Crippen molar-refractivity contribution in [3.05, 3.63) is 0 Å². The summed E-state index contributed by atoms with van der Waals surface area (Å²) >= 11 is 1.65. The van der Waals surface area contributed by atoms with Crippen LogP contribution in [0.1, 0.15) is 32.6 Å². The Morgan fingerprint density at radius 3 is 2.78 bits per heavy atom. The van der Waals surface area contributed by atoms with E-state index in [4.69, 9.17) is 0 Å². The summed E-state index contributed by atoms with van der Waals surface area (Å²) in [7, 11) is 0. The van der Waals surface area contributed by atoms with Gasteiger partial charge >= 0.3 is 0 Å². The van der Waals surface area contributed by atoms with Crippen molar-refractivity contribution in [2.45, 2.75) is 44.2 Å². The molecule has 0 spiro atoms. The molecule has 0 saturated carbocycles. The van der Waals surface area contributed by atoms with Gasteiger partial charge in [0.05, 0.1) is 0 Å². The first kappa shape index (κ1) is 14.2. The Kier molecular flexibility index (Phi) is 4.92. The number of nitrogens with zero attached hydrogens (tertiary/aromatic N) is 1. The molecule has 2 aliphatic rings. The smallest absolute Gasteiger partial charge is 0.253 e. The molecule has 18 heavy (non-hydrogen) atoms. The van der Waals surface area contributed by atoms with Gasteiger partial charge in [0.1, 0.15) is 0 Å². The molecule has 2 unspecified atom stereocenters. The lowest BCUT2D eigenvalue weighted by molar-refractivity contribution is -0.138. The number of carbonyl (C=O) groups is 1. The van der Waals surface area contributed by atoms with E-state index in [1.165, 1.54) is 19.3 Å². The Hall–Kier alpha value is -0.260. The average molecular weight is 272 g/mol. The largest absolute Gasteiger partial charge is 0.379 e. The van der Waals surface area contributed by atoms with Gasteiger partial charge in [0.25, 0.3) is 5.91 Å². The zero-order valence-electron chi connectivity index (χ0n) is 11.2. The van der Waals surface area contributed by atoms with Gasteiger partial charge in [-0.25, -0.2) is 0 Å². The first-order valence-electron chi connectivity index (χ1n) is 6.94. The fourth-order valence-corrected chi connectivity index (χ4v) is 3.91. The third-order valence-electron chi connectivity index (χ3n) is 3.78. The Labute approximate surface area is 113 Å². The minimum Gasteiger partial charge on any atom is -0.379 e. The van der Waals surface area contributed by atoms with Crippen LogP contribution in [-0.2, 0) is 4.79 Å². The predicted octanol–water partition coefficient (Wildman–Crippen LogP) is 0.845. The molecule has 2 N–H and O–H groups in total. The second-order valence-electron chi connectivity index (χ2n) is 5.57. The molecule has 0 aromatic rings. The molecular formula is C13H24N2O2S. The van der Waals surface area contributed by atoms with Crippen molar-refractivity contribution < 1.29 is 9.90 Å². The van der Waals surface area contributed by atoms with Crippen LogP contribution in [0, 0.1) is 0 Å². The van der Waals surface area contributed by atoms with E-state index >= 15 is 0 Å². The fraction of sp³-hybridized carbons (Fsp3) is 0.923. The molecule has 0 radical (unpaired) electrons. The van der Waals surface area contributed by atoms with Crippen LogP contribution in [0.25, 0.3) is 0 Å². The Morgan fingerprint density at radius 1 is 1.44 bits per heavy atom. The van der Waals surface area contributed by atoms with Crippen molar-refractivity contribution >= 4 is 17.7 Å². The number of hydrogen-bond donors (Lipinski definition) is 2. The third-order valence-corrected chi connectivity index (χ3v) is 4.96. The van der Waals surface area contributed by atoms with E-state index in [0.29, 0.717) is 12.2 Å². The van der Waals surface area contributed by atoms with Gasteiger partial charge in [-0.15, -0.1) is 0 Å². The number of thioether (sulfide) groups is 1. The van der Waals surface area contributed by atoms with Crippen LogP contribution in [0.2, 0.25) is 0 Å². The molecule has 0 bridgehead atoms. The highest BCUT2D eigenvalue weighted by atomic mass is 32.2. The second kappa shape index (κ2) is 6.26. The van der Waals surface area contributed by atoms with Crippen LogP contribution in [-0.4, -0.2) is 58.7 Å². The number of rotatable bonds is 4. The molecule has 0 aliphatic carbocycles. The molecule has 5 heteroatoms. The minimum atomic E-state index is -1.12. The van der Waals surface area contributed by atoms with Gasteiger partial charge in [-0.2, -0.15) is 11.8 Å². The molecular weight excluding hydrogens is 248 g/mol. The molecule has 2 rings (SSSR count). The molecule has 2 atom stereocenters. The number of nitrogens with one attached hydrogen (secondary N) is 1. The molecule has 2 heterocycles. The monoisotopic (exact) mass is 272 g/mol. The van der Waals surface area contributed by atoms with Gasteiger partial charge in [0, 0.05) is 18.3 Å². The number of amides is 1. The van der Waals surface area contributed by atoms with E-state index in [1.807, 2.05) is 6.92 Å². The quantitative estimate of drug-likeness (QED) is 0.796. The van der Waals surface area contributed by atoms with E-state index in [-0.39, 0.29) is 11.9 Å². The number of aliphatic hydroxyl groups is 1. The molecule has 2 fully saturated rings. The first-order valence-corrected chi connectivity index (χ1v) is 8.09. The van der Waals surface area contributed by atoms with Crippen molar-refractivity contribution in [2.24, 2.45) is 0 Å². The summed E-state index contributed by atoms with van der Waals surface area (Å²) in [5.41, 5.74) is -1.12. The molecule has 1 amide bonds. The van der Waals surface area contributed by atoms with E-state index in [2.05, 4.69) is 10.2 Å². The molecule has 2 saturated heterocycles. The highest BCUT2D eigenvalue weighted by Gasteiger charge is 2.39. The van der Waals surface area contributed by atoms with Gasteiger partial charge in [-0.1, -0.05) is 6.42 Å². The normalized spacial score (nSPS) is 31.2. The topological polar surface area (TPSA) is 52.6 Å². The maximum absolute atomic E-state index is 12.0. The van der Waals surface area contributed by atoms with Crippen LogP contribution in [0.5, 0.6) is 0 Å². The Bertz CT molecular complexity index is 287. The van der Waals surface area contributed by atoms with Gasteiger partial charge in [0.15, 0.2) is 5.60 Å². The summed E-state index contributed by atoms with van der Waals surface area (Å²) in [6.07, 6.45) is 4.44. The van der Waals surface area contributed by atoms with Gasteiger partial charge < -0.3 is 15.3 Å². The second-order valence-corrected chi connectivity index (χ2v) is 6.68. The first-order chi connectivity index (χ1) is 8.60. The summed E-state index contributed by atoms with van der Waals surface area (Å²) in [6.45, 7) is 5.20. The van der Waals surface area contributed by atoms with E-state index < -0.39 is 5.60 Å². The van der Waals surface area contributed by atoms with Crippen molar-refractivity contribution in [3.63, 3.8) is 0 Å². The highest BCUT2D eigenvalue weighted by Crippen LogP contribution is 2.27. The zero-order valence-corrected chi connectivity index (χ0v) is 12.0. The summed E-state index contributed by atoms with van der Waals surface area (Å²) in [5, 5.41) is 13.1. The molecule has 4 nitrogen and oxygen atoms in total. The van der Waals surface area contributed by atoms with Gasteiger partial charge in [0.2, 0.25) is 0 Å². The average Bonchev–Trinajstić information content (AvgIpc) is 2.78. The standard InChI is InChI=1S/C13H24N2O2S/c1-11(9-15-6-3-2-4-7-15)14-12(16)13(17)5-8-18-10-13/h11,17H,2-10H2,1H3,(H,14,16). The van der Waals surface area contributed by atoms with Crippen LogP contribution in [0.15, 0.2) is 0 Å². The Morgan fingerprint density at radius 2 is 2.17 bits per heavy atom. The summed E-state index contributed by atoms with van der Waals surface area (Å²) in [6, 6.07) is 0.116. The summed E-state index contributed by atoms with van der Waals surface area (Å²) < 4.78 is 0. The van der Waals surface area contributed by atoms with Crippen LogP contribution < -0.4 is 5.32 Å². The van der Waals surface area contributed by atoms with E-state index in [1.54, 1.807) is 11.8 Å². The van der Waals surface area contributed by atoms with E-state index in [0.717, 1.165) is 25.4 Å². The highest BCUT2D eigenvalue weighted by molar-refractivity contribution is 7.99. The van der Waals surface area contributed by atoms with Crippen LogP contribution in [0.3, 0.4) is 0 Å². The lowest BCUT2D eigenvalue weighted by Gasteiger charge is -2.30. The third kappa shape index (κ3) is 3.62. The maximum Gasteiger partial charge on any atom is 0.253 e. The lowest BCUT2D eigenvalue weighted by Crippen LogP contribution is -2.52. The zero-order chi connectivity index (χ0) is 13.0. The predicted molar refractivity (Wildman–Crippen MR) is 74.8 cm³/mol. The number of likely N-dealkylation sites (tertiary alicyclic amines) is 1. The lowest BCUT2D eigenvalue weighted by atomic mass is 10.0. The van der Waals surface area contributed by atoms with Gasteiger partial charge in [-0.3, -0.25) is 4.79 Å². The molecule has 2 aliphatic heterocycles.